The van der Waals surface area contributed by atoms with Gasteiger partial charge in [-0.3, -0.25) is 10.2 Å². The Bertz CT molecular complexity index is 405. The number of hydrogen-bond acceptors (Lipinski definition) is 6. The molecule has 88 valence electrons. The smallest absolute Gasteiger partial charge is 0.390 e. The van der Waals surface area contributed by atoms with Gasteiger partial charge in [0.1, 0.15) is 0 Å². The van der Waals surface area contributed by atoms with Crippen molar-refractivity contribution < 1.29 is 9.72 Å². The van der Waals surface area contributed by atoms with E-state index in [2.05, 4.69) is 26.0 Å². The summed E-state index contributed by atoms with van der Waals surface area (Å²) in [6.07, 6.45) is 0.679. The Morgan fingerprint density at radius 3 is 2.88 bits per heavy atom. The molecule has 0 unspecified atom stereocenters. The summed E-state index contributed by atoms with van der Waals surface area (Å²) in [5.74, 6) is 4.12. The number of hydrazine groups is 1. The SMILES string of the molecule is NNC(=O)CCCn1nc([N+](=O)[O-])nc1Br. The molecule has 0 aliphatic rings. The highest BCUT2D eigenvalue weighted by Gasteiger charge is 2.18. The van der Waals surface area contributed by atoms with Crippen LogP contribution < -0.4 is 11.3 Å². The van der Waals surface area contributed by atoms with Crippen molar-refractivity contribution in [2.75, 3.05) is 0 Å². The van der Waals surface area contributed by atoms with Gasteiger partial charge in [-0.2, -0.15) is 4.68 Å². The van der Waals surface area contributed by atoms with Crippen LogP contribution in [0.1, 0.15) is 12.8 Å². The summed E-state index contributed by atoms with van der Waals surface area (Å²) in [5.41, 5.74) is 1.99. The third-order valence-electron chi connectivity index (χ3n) is 1.71. The molecule has 0 radical (unpaired) electrons. The molecule has 9 nitrogen and oxygen atoms in total. The van der Waals surface area contributed by atoms with Crippen molar-refractivity contribution in [3.8, 4) is 0 Å². The maximum atomic E-state index is 10.8. The molecule has 10 heteroatoms. The molecule has 0 spiro atoms. The molecule has 1 heterocycles. The lowest BCUT2D eigenvalue weighted by Gasteiger charge is -1.98. The van der Waals surface area contributed by atoms with Gasteiger partial charge in [0.15, 0.2) is 0 Å². The van der Waals surface area contributed by atoms with Gasteiger partial charge in [0, 0.05) is 27.4 Å². The van der Waals surface area contributed by atoms with Crippen LogP contribution in [0.3, 0.4) is 0 Å². The van der Waals surface area contributed by atoms with E-state index < -0.39 is 10.9 Å². The van der Waals surface area contributed by atoms with Crippen molar-refractivity contribution in [1.29, 1.82) is 0 Å². The summed E-state index contributed by atoms with van der Waals surface area (Å²) < 4.78 is 1.56. The van der Waals surface area contributed by atoms with Crippen molar-refractivity contribution in [2.24, 2.45) is 5.84 Å². The molecule has 1 rings (SSSR count). The van der Waals surface area contributed by atoms with Crippen LogP contribution in [0.15, 0.2) is 4.73 Å². The molecular weight excluding hydrogens is 284 g/mol. The predicted molar refractivity (Wildman–Crippen MR) is 55.9 cm³/mol. The summed E-state index contributed by atoms with van der Waals surface area (Å²) in [6, 6.07) is 0. The van der Waals surface area contributed by atoms with Crippen molar-refractivity contribution in [2.45, 2.75) is 19.4 Å². The highest BCUT2D eigenvalue weighted by molar-refractivity contribution is 9.10. The average Bonchev–Trinajstić information content (AvgIpc) is 2.60. The molecule has 0 aliphatic carbocycles. The largest absolute Gasteiger partial charge is 0.492 e. The molecular formula is C6H9BrN6O3. The van der Waals surface area contributed by atoms with Gasteiger partial charge in [0.2, 0.25) is 5.91 Å². The third kappa shape index (κ3) is 3.24. The highest BCUT2D eigenvalue weighted by atomic mass is 79.9. The lowest BCUT2D eigenvalue weighted by Crippen LogP contribution is -2.29. The van der Waals surface area contributed by atoms with Crippen LogP contribution in [0, 0.1) is 10.1 Å². The summed E-state index contributed by atoms with van der Waals surface area (Å²) in [5, 5.41) is 14.0. The number of aromatic nitrogens is 3. The fraction of sp³-hybridized carbons (Fsp3) is 0.500. The molecule has 0 saturated heterocycles. The Kier molecular flexibility index (Phi) is 4.31. The molecule has 3 N–H and O–H groups in total. The number of amides is 1. The first kappa shape index (κ1) is 12.5. The zero-order valence-corrected chi connectivity index (χ0v) is 9.68. The quantitative estimate of drug-likeness (QED) is 0.332. The van der Waals surface area contributed by atoms with E-state index in [-0.39, 0.29) is 17.1 Å². The maximum absolute atomic E-state index is 10.8. The Hall–Kier alpha value is -1.55. The molecule has 0 aliphatic heterocycles. The summed E-state index contributed by atoms with van der Waals surface area (Å²) >= 11 is 3.03. The molecule has 1 aromatic rings. The van der Waals surface area contributed by atoms with Crippen molar-refractivity contribution in [3.63, 3.8) is 0 Å². The third-order valence-corrected chi connectivity index (χ3v) is 2.30. The number of nitrogens with zero attached hydrogens (tertiary/aromatic N) is 4. The second-order valence-electron chi connectivity index (χ2n) is 2.83. The second kappa shape index (κ2) is 5.51. The van der Waals surface area contributed by atoms with Gasteiger partial charge in [-0.05, 0) is 16.3 Å². The first-order chi connectivity index (χ1) is 7.54. The van der Waals surface area contributed by atoms with Crippen molar-refractivity contribution in [3.05, 3.63) is 14.8 Å². The summed E-state index contributed by atoms with van der Waals surface area (Å²) in [4.78, 5) is 24.0. The Morgan fingerprint density at radius 2 is 2.38 bits per heavy atom. The van der Waals surface area contributed by atoms with E-state index >= 15 is 0 Å². The van der Waals surface area contributed by atoms with Gasteiger partial charge >= 0.3 is 5.95 Å². The monoisotopic (exact) mass is 292 g/mol. The summed E-state index contributed by atoms with van der Waals surface area (Å²) in [7, 11) is 0. The van der Waals surface area contributed by atoms with Crippen LogP contribution in [0.25, 0.3) is 0 Å². The van der Waals surface area contributed by atoms with E-state index in [1.807, 2.05) is 5.43 Å². The lowest BCUT2D eigenvalue weighted by molar-refractivity contribution is -0.394. The molecule has 0 saturated carbocycles. The number of carbonyl (C=O) groups is 1. The minimum Gasteiger partial charge on any atom is -0.390 e. The fourth-order valence-corrected chi connectivity index (χ4v) is 1.41. The summed E-state index contributed by atoms with van der Waals surface area (Å²) in [6.45, 7) is 0.342. The van der Waals surface area contributed by atoms with Crippen molar-refractivity contribution in [1.82, 2.24) is 20.2 Å². The second-order valence-corrected chi connectivity index (χ2v) is 3.54. The van der Waals surface area contributed by atoms with Crippen molar-refractivity contribution >= 4 is 27.8 Å². The van der Waals surface area contributed by atoms with E-state index in [1.54, 1.807) is 0 Å². The topological polar surface area (TPSA) is 129 Å². The number of nitrogens with one attached hydrogen (secondary N) is 1. The number of hydrogen-bond donors (Lipinski definition) is 2. The maximum Gasteiger partial charge on any atom is 0.492 e. The molecule has 0 atom stereocenters. The normalized spacial score (nSPS) is 10.1. The molecule has 0 fully saturated rings. The first-order valence-electron chi connectivity index (χ1n) is 4.28. The minimum atomic E-state index is -0.687. The minimum absolute atomic E-state index is 0.219. The molecule has 0 aromatic carbocycles. The first-order valence-corrected chi connectivity index (χ1v) is 5.08. The number of aryl methyl sites for hydroxylation is 1. The van der Waals surface area contributed by atoms with Gasteiger partial charge in [0.05, 0.1) is 6.54 Å². The Morgan fingerprint density at radius 1 is 1.69 bits per heavy atom. The Labute approximate surface area is 98.3 Å². The zero-order valence-electron chi connectivity index (χ0n) is 8.09. The van der Waals surface area contributed by atoms with Crippen LogP contribution in [0.5, 0.6) is 0 Å². The van der Waals surface area contributed by atoms with E-state index in [0.29, 0.717) is 13.0 Å². The van der Waals surface area contributed by atoms with Gasteiger partial charge in [0.25, 0.3) is 4.73 Å². The van der Waals surface area contributed by atoms with Gasteiger partial charge in [-0.25, -0.2) is 5.84 Å². The van der Waals surface area contributed by atoms with E-state index in [0.717, 1.165) is 0 Å². The average molecular weight is 293 g/mol. The van der Waals surface area contributed by atoms with Crippen LogP contribution in [0.4, 0.5) is 5.95 Å². The standard InChI is InChI=1S/C6H9BrN6O3/c7-5-9-6(13(15)16)11-12(5)3-1-2-4(14)10-8/h1-3,8H2,(H,10,14). The number of nitro groups is 1. The number of carbonyl (C=O) groups excluding carboxylic acids is 1. The molecule has 0 bridgehead atoms. The zero-order chi connectivity index (χ0) is 12.1. The predicted octanol–water partition coefficient (Wildman–Crippen LogP) is -0.281. The van der Waals surface area contributed by atoms with Gasteiger partial charge in [-0.15, -0.1) is 0 Å². The van der Waals surface area contributed by atoms with E-state index in [9.17, 15) is 14.9 Å². The number of nitrogens with two attached hydrogens (primary N) is 1. The fourth-order valence-electron chi connectivity index (χ4n) is 0.993. The molecule has 16 heavy (non-hydrogen) atoms. The van der Waals surface area contributed by atoms with Crippen LogP contribution in [-0.4, -0.2) is 25.6 Å². The van der Waals surface area contributed by atoms with Gasteiger partial charge in [-0.1, -0.05) is 0 Å². The van der Waals surface area contributed by atoms with Gasteiger partial charge < -0.3 is 10.1 Å². The Balaban J connectivity index is 2.54. The van der Waals surface area contributed by atoms with Crippen LogP contribution >= 0.6 is 15.9 Å². The molecule has 1 amide bonds. The van der Waals surface area contributed by atoms with E-state index in [1.165, 1.54) is 4.68 Å². The van der Waals surface area contributed by atoms with Crippen LogP contribution in [-0.2, 0) is 11.3 Å². The lowest BCUT2D eigenvalue weighted by atomic mass is 10.3. The number of rotatable bonds is 5. The highest BCUT2D eigenvalue weighted by Crippen LogP contribution is 2.12. The number of halogens is 1. The van der Waals surface area contributed by atoms with Crippen LogP contribution in [0.2, 0.25) is 0 Å². The van der Waals surface area contributed by atoms with E-state index in [4.69, 9.17) is 5.84 Å². The molecule has 1 aromatic heterocycles.